The number of fused-ring (bicyclic) bond motifs is 2. The Hall–Kier alpha value is -6.50. The maximum atomic E-state index is 15.2. The van der Waals surface area contributed by atoms with Gasteiger partial charge in [-0.25, -0.2) is 0 Å². The standard InChI is InChI=1S/C55H63N7O5/c1-38-29-42-11-9-10-12-44(42)36-61(38)54(64)51-32-45-35-59(53(63)30-41-15-17-48(18-16-41)67-28-22-40-20-26-66-27-21-40)23-19-43(45)31-50(51)52-33-49(39(2)58(52)5)55(65)62(46-13-7-6-8-14-46)47-34-56-60(37-47)25-24-57(3)4/h6-18,31-34,37-38,40H,19-30,35-36H2,1-5H3/t38-/m1/s1. The Kier molecular flexibility index (Phi) is 13.7. The minimum absolute atomic E-state index is 0.0292. The van der Waals surface area contributed by atoms with E-state index in [0.717, 1.165) is 96.1 Å². The van der Waals surface area contributed by atoms with Crippen LogP contribution in [0, 0.1) is 12.8 Å². The Morgan fingerprint density at radius 1 is 0.836 bits per heavy atom. The van der Waals surface area contributed by atoms with E-state index in [4.69, 9.17) is 9.47 Å². The molecule has 3 aliphatic rings. The van der Waals surface area contributed by atoms with Crippen molar-refractivity contribution in [3.63, 3.8) is 0 Å². The summed E-state index contributed by atoms with van der Waals surface area (Å²) >= 11 is 0. The summed E-state index contributed by atoms with van der Waals surface area (Å²) in [4.78, 5) is 51.8. The van der Waals surface area contributed by atoms with Crippen LogP contribution >= 0.6 is 0 Å². The van der Waals surface area contributed by atoms with Crippen molar-refractivity contribution in [3.05, 3.63) is 154 Å². The molecule has 1 atom stereocenters. The number of nitrogens with zero attached hydrogens (tertiary/aromatic N) is 7. The molecule has 12 heteroatoms. The highest BCUT2D eigenvalue weighted by atomic mass is 16.5. The third kappa shape index (κ3) is 10.1. The molecule has 0 unspecified atom stereocenters. The first-order valence-corrected chi connectivity index (χ1v) is 23.8. The molecule has 348 valence electrons. The maximum Gasteiger partial charge on any atom is 0.264 e. The monoisotopic (exact) mass is 901 g/mol. The molecule has 1 saturated heterocycles. The van der Waals surface area contributed by atoms with Crippen LogP contribution in [0.3, 0.4) is 0 Å². The molecule has 0 bridgehead atoms. The zero-order valence-electron chi connectivity index (χ0n) is 39.6. The smallest absolute Gasteiger partial charge is 0.264 e. The van der Waals surface area contributed by atoms with Crippen LogP contribution in [0.15, 0.2) is 109 Å². The van der Waals surface area contributed by atoms with E-state index in [1.807, 2.05) is 126 Å². The number of carbonyl (C=O) groups excluding carboxylic acids is 3. The van der Waals surface area contributed by atoms with E-state index in [1.165, 1.54) is 5.56 Å². The molecular formula is C55H63N7O5. The first-order valence-electron chi connectivity index (χ1n) is 23.8. The summed E-state index contributed by atoms with van der Waals surface area (Å²) in [6.07, 6.45) is 8.55. The summed E-state index contributed by atoms with van der Waals surface area (Å²) < 4.78 is 15.5. The molecule has 0 saturated carbocycles. The third-order valence-electron chi connectivity index (χ3n) is 14.0. The SMILES string of the molecule is Cc1c(C(=O)N(c2ccccc2)c2cnn(CCN(C)C)c2)cc(-c2cc3c(cc2C(=O)N2Cc4ccccc4C[C@H]2C)CN(C(=O)Cc2ccc(OCCC4CCOCC4)cc2)CC3)n1C. The van der Waals surface area contributed by atoms with Crippen LogP contribution in [0.4, 0.5) is 11.4 Å². The van der Waals surface area contributed by atoms with Gasteiger partial charge in [-0.3, -0.25) is 24.0 Å². The molecule has 3 aliphatic heterocycles. The van der Waals surface area contributed by atoms with Crippen molar-refractivity contribution in [2.75, 3.05) is 51.9 Å². The Bertz CT molecular complexity index is 2720. The fraction of sp³-hybridized carbons (Fsp3) is 0.382. The lowest BCUT2D eigenvalue weighted by molar-refractivity contribution is -0.131. The highest BCUT2D eigenvalue weighted by Crippen LogP contribution is 2.37. The molecule has 12 nitrogen and oxygen atoms in total. The fourth-order valence-electron chi connectivity index (χ4n) is 9.83. The molecule has 2 aromatic heterocycles. The molecule has 0 radical (unpaired) electrons. The second kappa shape index (κ2) is 20.2. The molecule has 0 spiro atoms. The van der Waals surface area contributed by atoms with Crippen molar-refractivity contribution in [2.45, 2.75) is 78.0 Å². The number of anilines is 2. The number of amides is 3. The Balaban J connectivity index is 1.00. The zero-order valence-corrected chi connectivity index (χ0v) is 39.6. The van der Waals surface area contributed by atoms with Gasteiger partial charge in [0, 0.05) is 86.9 Å². The van der Waals surface area contributed by atoms with E-state index in [1.54, 1.807) is 11.1 Å². The lowest BCUT2D eigenvalue weighted by Gasteiger charge is -2.36. The van der Waals surface area contributed by atoms with E-state index in [0.29, 0.717) is 61.9 Å². The molecule has 0 N–H and O–H groups in total. The third-order valence-corrected chi connectivity index (χ3v) is 14.0. The number of benzene rings is 4. The summed E-state index contributed by atoms with van der Waals surface area (Å²) in [5.41, 5.74) is 10.2. The number of carbonyl (C=O) groups is 3. The molecule has 4 aromatic carbocycles. The van der Waals surface area contributed by atoms with Crippen LogP contribution in [0.2, 0.25) is 0 Å². The number of hydrogen-bond donors (Lipinski definition) is 0. The Morgan fingerprint density at radius 2 is 1.58 bits per heavy atom. The van der Waals surface area contributed by atoms with Crippen molar-refractivity contribution < 1.29 is 23.9 Å². The van der Waals surface area contributed by atoms with Crippen LogP contribution in [0.25, 0.3) is 11.3 Å². The lowest BCUT2D eigenvalue weighted by Crippen LogP contribution is -2.43. The molecule has 0 aliphatic carbocycles. The molecule has 1 fully saturated rings. The predicted octanol–water partition coefficient (Wildman–Crippen LogP) is 8.65. The number of likely N-dealkylation sites (N-methyl/N-ethyl adjacent to an activating group) is 1. The fourth-order valence-corrected chi connectivity index (χ4v) is 9.83. The van der Waals surface area contributed by atoms with Gasteiger partial charge in [0.1, 0.15) is 5.75 Å². The average molecular weight is 902 g/mol. The molecular weight excluding hydrogens is 839 g/mol. The van der Waals surface area contributed by atoms with Gasteiger partial charge in [0.2, 0.25) is 5.91 Å². The van der Waals surface area contributed by atoms with Gasteiger partial charge in [0.25, 0.3) is 11.8 Å². The van der Waals surface area contributed by atoms with Crippen LogP contribution < -0.4 is 9.64 Å². The lowest BCUT2D eigenvalue weighted by atomic mass is 9.89. The van der Waals surface area contributed by atoms with Crippen LogP contribution in [0.1, 0.15) is 80.4 Å². The summed E-state index contributed by atoms with van der Waals surface area (Å²) in [5.74, 6) is 1.25. The van der Waals surface area contributed by atoms with E-state index in [-0.39, 0.29) is 30.2 Å². The molecule has 67 heavy (non-hydrogen) atoms. The van der Waals surface area contributed by atoms with Crippen molar-refractivity contribution in [2.24, 2.45) is 13.0 Å². The topological polar surface area (TPSA) is 105 Å². The zero-order chi connectivity index (χ0) is 46.6. The van der Waals surface area contributed by atoms with Gasteiger partial charge in [0.15, 0.2) is 0 Å². The number of rotatable bonds is 14. The van der Waals surface area contributed by atoms with Crippen molar-refractivity contribution in [3.8, 4) is 17.0 Å². The predicted molar refractivity (Wildman–Crippen MR) is 262 cm³/mol. The van der Waals surface area contributed by atoms with Gasteiger partial charge < -0.3 is 28.7 Å². The van der Waals surface area contributed by atoms with Crippen LogP contribution in [-0.2, 0) is 55.5 Å². The largest absolute Gasteiger partial charge is 0.494 e. The van der Waals surface area contributed by atoms with Crippen LogP contribution in [-0.4, -0.2) is 99.8 Å². The summed E-state index contributed by atoms with van der Waals surface area (Å²) in [6.45, 7) is 9.39. The average Bonchev–Trinajstić information content (AvgIpc) is 3.93. The first kappa shape index (κ1) is 45.6. The summed E-state index contributed by atoms with van der Waals surface area (Å²) in [6, 6.07) is 32.0. The summed E-state index contributed by atoms with van der Waals surface area (Å²) in [7, 11) is 6.02. The van der Waals surface area contributed by atoms with Crippen molar-refractivity contribution in [1.82, 2.24) is 29.0 Å². The van der Waals surface area contributed by atoms with E-state index in [9.17, 15) is 9.59 Å². The van der Waals surface area contributed by atoms with E-state index < -0.39 is 0 Å². The highest BCUT2D eigenvalue weighted by Gasteiger charge is 2.33. The molecule has 5 heterocycles. The summed E-state index contributed by atoms with van der Waals surface area (Å²) in [5, 5.41) is 4.62. The maximum absolute atomic E-state index is 15.2. The number of aromatic nitrogens is 3. The van der Waals surface area contributed by atoms with Gasteiger partial charge in [-0.1, -0.05) is 54.6 Å². The van der Waals surface area contributed by atoms with Gasteiger partial charge in [-0.05, 0) is 136 Å². The Labute approximate surface area is 394 Å². The number of ether oxygens (including phenoxy) is 2. The molecule has 3 amide bonds. The van der Waals surface area contributed by atoms with Gasteiger partial charge in [-0.15, -0.1) is 0 Å². The molecule has 9 rings (SSSR count). The normalized spacial score (nSPS) is 16.2. The van der Waals surface area contributed by atoms with Gasteiger partial charge >= 0.3 is 0 Å². The minimum Gasteiger partial charge on any atom is -0.494 e. The number of hydrogen-bond acceptors (Lipinski definition) is 7. The van der Waals surface area contributed by atoms with Gasteiger partial charge in [-0.2, -0.15) is 5.10 Å². The van der Waals surface area contributed by atoms with E-state index in [2.05, 4.69) is 41.2 Å². The minimum atomic E-state index is -0.188. The van der Waals surface area contributed by atoms with Gasteiger partial charge in [0.05, 0.1) is 37.0 Å². The second-order valence-electron chi connectivity index (χ2n) is 18.8. The highest BCUT2D eigenvalue weighted by molar-refractivity contribution is 6.12. The van der Waals surface area contributed by atoms with Crippen molar-refractivity contribution in [1.29, 1.82) is 0 Å². The van der Waals surface area contributed by atoms with Crippen LogP contribution in [0.5, 0.6) is 5.75 Å². The quantitative estimate of drug-likeness (QED) is 0.108. The first-order chi connectivity index (χ1) is 32.5. The van der Waals surface area contributed by atoms with Crippen molar-refractivity contribution >= 4 is 29.1 Å². The van der Waals surface area contributed by atoms with E-state index >= 15 is 4.79 Å². The second-order valence-corrected chi connectivity index (χ2v) is 18.8. The number of para-hydroxylation sites is 1. The molecule has 6 aromatic rings. The Morgan fingerprint density at radius 3 is 2.34 bits per heavy atom.